The molecule has 7 heteroatoms. The van der Waals surface area contributed by atoms with Crippen LogP contribution in [0.3, 0.4) is 0 Å². The highest BCUT2D eigenvalue weighted by Gasteiger charge is 2.43. The first-order chi connectivity index (χ1) is 15.2. The number of thiophene rings is 1. The van der Waals surface area contributed by atoms with Gasteiger partial charge in [-0.25, -0.2) is 0 Å². The van der Waals surface area contributed by atoms with Gasteiger partial charge in [-0.1, -0.05) is 59.8 Å². The second kappa shape index (κ2) is 8.45. The van der Waals surface area contributed by atoms with Crippen molar-refractivity contribution in [1.29, 1.82) is 0 Å². The summed E-state index contributed by atoms with van der Waals surface area (Å²) in [5, 5.41) is 6.74. The van der Waals surface area contributed by atoms with Crippen LogP contribution < -0.4 is 4.90 Å². The molecule has 0 bridgehead atoms. The molecule has 5 rings (SSSR count). The lowest BCUT2D eigenvalue weighted by molar-refractivity contribution is -0.119. The van der Waals surface area contributed by atoms with Crippen LogP contribution in [0, 0.1) is 0 Å². The van der Waals surface area contributed by atoms with Gasteiger partial charge in [0.15, 0.2) is 5.11 Å². The smallest absolute Gasteiger partial charge is 0.256 e. The molecule has 5 nitrogen and oxygen atoms in total. The Morgan fingerprint density at radius 2 is 1.74 bits per heavy atom. The zero-order valence-corrected chi connectivity index (χ0v) is 18.2. The van der Waals surface area contributed by atoms with E-state index in [9.17, 15) is 4.79 Å². The minimum absolute atomic E-state index is 0.0505. The molecular weight excluding hydrogens is 426 g/mol. The van der Waals surface area contributed by atoms with Crippen molar-refractivity contribution < 1.29 is 9.32 Å². The van der Waals surface area contributed by atoms with Gasteiger partial charge in [0, 0.05) is 22.9 Å². The molecule has 1 aliphatic heterocycles. The zero-order chi connectivity index (χ0) is 21.2. The number of benzene rings is 2. The highest BCUT2D eigenvalue weighted by atomic mass is 32.1. The summed E-state index contributed by atoms with van der Waals surface area (Å²) in [6, 6.07) is 24.9. The topological polar surface area (TPSA) is 49.6 Å². The van der Waals surface area contributed by atoms with E-state index in [1.165, 1.54) is 0 Å². The summed E-state index contributed by atoms with van der Waals surface area (Å²) in [5.74, 6) is 0.608. The molecule has 3 heterocycles. The molecule has 2 aromatic heterocycles. The number of carbonyl (C=O) groups excluding carboxylic acids is 1. The maximum atomic E-state index is 13.5. The van der Waals surface area contributed by atoms with Crippen molar-refractivity contribution in [3.8, 4) is 11.3 Å². The van der Waals surface area contributed by atoms with Gasteiger partial charge in [0.05, 0.1) is 12.2 Å². The van der Waals surface area contributed by atoms with E-state index < -0.39 is 6.04 Å². The number of thiocarbonyl (C=S) groups is 1. The number of para-hydroxylation sites is 1. The van der Waals surface area contributed by atoms with Crippen molar-refractivity contribution >= 4 is 40.3 Å². The van der Waals surface area contributed by atoms with E-state index in [2.05, 4.69) is 11.2 Å². The van der Waals surface area contributed by atoms with Crippen LogP contribution in [-0.2, 0) is 17.8 Å². The Morgan fingerprint density at radius 1 is 1.00 bits per heavy atom. The number of aromatic nitrogens is 1. The molecule has 154 valence electrons. The third kappa shape index (κ3) is 3.89. The number of hydrogen-bond donors (Lipinski definition) is 0. The highest BCUT2D eigenvalue weighted by Crippen LogP contribution is 2.30. The molecule has 1 saturated heterocycles. The van der Waals surface area contributed by atoms with Gasteiger partial charge < -0.3 is 9.42 Å². The summed E-state index contributed by atoms with van der Waals surface area (Å²) in [6.45, 7) is 0.579. The number of anilines is 1. The van der Waals surface area contributed by atoms with Crippen molar-refractivity contribution in [2.45, 2.75) is 19.0 Å². The summed E-state index contributed by atoms with van der Waals surface area (Å²) >= 11 is 7.41. The van der Waals surface area contributed by atoms with Crippen molar-refractivity contribution in [3.63, 3.8) is 0 Å². The lowest BCUT2D eigenvalue weighted by Crippen LogP contribution is -2.35. The molecule has 0 N–H and O–H groups in total. The maximum Gasteiger partial charge on any atom is 0.256 e. The molecule has 1 unspecified atom stereocenters. The summed E-state index contributed by atoms with van der Waals surface area (Å²) in [4.78, 5) is 18.2. The lowest BCUT2D eigenvalue weighted by atomic mass is 10.1. The third-order valence-electron chi connectivity index (χ3n) is 5.26. The second-order valence-electron chi connectivity index (χ2n) is 7.26. The fourth-order valence-electron chi connectivity index (χ4n) is 3.74. The largest absolute Gasteiger partial charge is 0.361 e. The van der Waals surface area contributed by atoms with Crippen LogP contribution in [0.25, 0.3) is 11.3 Å². The van der Waals surface area contributed by atoms with Crippen LogP contribution in [0.1, 0.15) is 10.6 Å². The van der Waals surface area contributed by atoms with Crippen molar-refractivity contribution in [1.82, 2.24) is 10.1 Å². The van der Waals surface area contributed by atoms with E-state index >= 15 is 0 Å². The fourth-order valence-corrected chi connectivity index (χ4v) is 4.83. The maximum absolute atomic E-state index is 13.5. The number of nitrogens with zero attached hydrogens (tertiary/aromatic N) is 3. The van der Waals surface area contributed by atoms with Crippen LogP contribution in [0.4, 0.5) is 5.69 Å². The van der Waals surface area contributed by atoms with E-state index in [4.69, 9.17) is 16.7 Å². The van der Waals surface area contributed by atoms with E-state index in [0.29, 0.717) is 23.8 Å². The van der Waals surface area contributed by atoms with Gasteiger partial charge in [-0.05, 0) is 35.8 Å². The first-order valence-corrected chi connectivity index (χ1v) is 11.2. The Hall–Kier alpha value is -3.29. The van der Waals surface area contributed by atoms with E-state index in [-0.39, 0.29) is 5.91 Å². The standard InChI is InChI=1S/C24H19N3O2S2/c28-23-22(15-19-14-21(25-29-19)17-8-3-1-4-9-17)26(16-20-12-7-13-31-20)24(30)27(23)18-10-5-2-6-11-18/h1-14,22H,15-16H2. The first-order valence-electron chi connectivity index (χ1n) is 9.94. The van der Waals surface area contributed by atoms with Crippen LogP contribution in [-0.4, -0.2) is 27.1 Å². The van der Waals surface area contributed by atoms with Crippen LogP contribution in [0.5, 0.6) is 0 Å². The molecule has 0 saturated carbocycles. The summed E-state index contributed by atoms with van der Waals surface area (Å²) in [5.41, 5.74) is 2.51. The number of carbonyl (C=O) groups is 1. The minimum Gasteiger partial charge on any atom is -0.361 e. The lowest BCUT2D eigenvalue weighted by Gasteiger charge is -2.22. The molecular formula is C24H19N3O2S2. The average molecular weight is 446 g/mol. The quantitative estimate of drug-likeness (QED) is 0.384. The Kier molecular flexibility index (Phi) is 5.36. The molecule has 1 amide bonds. The summed E-state index contributed by atoms with van der Waals surface area (Å²) in [7, 11) is 0. The molecule has 0 radical (unpaired) electrons. The first kappa shape index (κ1) is 19.7. The van der Waals surface area contributed by atoms with E-state index in [1.54, 1.807) is 16.2 Å². The normalized spacial score (nSPS) is 16.3. The molecule has 1 aliphatic rings. The Bertz CT molecular complexity index is 1190. The summed E-state index contributed by atoms with van der Waals surface area (Å²) in [6.07, 6.45) is 0.396. The van der Waals surface area contributed by atoms with Crippen LogP contribution in [0.2, 0.25) is 0 Å². The average Bonchev–Trinajstić information content (AvgIpc) is 3.53. The molecule has 0 spiro atoms. The number of amides is 1. The van der Waals surface area contributed by atoms with Gasteiger partial charge in [-0.15, -0.1) is 11.3 Å². The Morgan fingerprint density at radius 3 is 2.45 bits per heavy atom. The monoisotopic (exact) mass is 445 g/mol. The molecule has 0 aliphatic carbocycles. The highest BCUT2D eigenvalue weighted by molar-refractivity contribution is 7.80. The van der Waals surface area contributed by atoms with Gasteiger partial charge in [0.25, 0.3) is 5.91 Å². The molecule has 31 heavy (non-hydrogen) atoms. The van der Waals surface area contributed by atoms with Gasteiger partial charge in [-0.3, -0.25) is 9.69 Å². The van der Waals surface area contributed by atoms with Crippen LogP contribution in [0.15, 0.2) is 88.8 Å². The van der Waals surface area contributed by atoms with Gasteiger partial charge in [0.1, 0.15) is 17.5 Å². The van der Waals surface area contributed by atoms with Crippen LogP contribution >= 0.6 is 23.6 Å². The number of hydrogen-bond acceptors (Lipinski definition) is 5. The minimum atomic E-state index is -0.452. The predicted octanol–water partition coefficient (Wildman–Crippen LogP) is 5.15. The van der Waals surface area contributed by atoms with E-state index in [0.717, 1.165) is 21.8 Å². The molecule has 2 aromatic carbocycles. The van der Waals surface area contributed by atoms with Crippen molar-refractivity contribution in [2.24, 2.45) is 0 Å². The third-order valence-corrected chi connectivity index (χ3v) is 6.54. The molecule has 4 aromatic rings. The predicted molar refractivity (Wildman–Crippen MR) is 126 cm³/mol. The van der Waals surface area contributed by atoms with Crippen molar-refractivity contribution in [2.75, 3.05) is 4.90 Å². The van der Waals surface area contributed by atoms with Gasteiger partial charge in [0.2, 0.25) is 0 Å². The van der Waals surface area contributed by atoms with Crippen molar-refractivity contribution in [3.05, 3.63) is 94.9 Å². The van der Waals surface area contributed by atoms with Gasteiger partial charge >= 0.3 is 0 Å². The number of rotatable bonds is 6. The summed E-state index contributed by atoms with van der Waals surface area (Å²) < 4.78 is 5.60. The molecule has 1 fully saturated rings. The van der Waals surface area contributed by atoms with E-state index in [1.807, 2.05) is 83.1 Å². The second-order valence-corrected chi connectivity index (χ2v) is 8.66. The zero-order valence-electron chi connectivity index (χ0n) is 16.5. The Balaban J connectivity index is 1.45. The van der Waals surface area contributed by atoms with Gasteiger partial charge in [-0.2, -0.15) is 0 Å². The molecule has 1 atom stereocenters. The fraction of sp³-hybridized carbons (Fsp3) is 0.125. The SMILES string of the molecule is O=C1C(Cc2cc(-c3ccccc3)no2)N(Cc2cccs2)C(=S)N1c1ccccc1. The Labute approximate surface area is 189 Å².